The van der Waals surface area contributed by atoms with E-state index < -0.39 is 5.82 Å². The van der Waals surface area contributed by atoms with Crippen molar-refractivity contribution in [2.24, 2.45) is 0 Å². The minimum absolute atomic E-state index is 0.165. The van der Waals surface area contributed by atoms with Gasteiger partial charge in [0, 0.05) is 24.4 Å². The van der Waals surface area contributed by atoms with Gasteiger partial charge in [-0.3, -0.25) is 4.79 Å². The topological polar surface area (TPSA) is 59.2 Å². The normalized spacial score (nSPS) is 18.2. The Morgan fingerprint density at radius 2 is 2.32 bits per heavy atom. The van der Waals surface area contributed by atoms with Crippen molar-refractivity contribution in [1.82, 2.24) is 10.1 Å². The lowest BCUT2D eigenvalue weighted by Gasteiger charge is -2.16. The Hall–Kier alpha value is -1.95. The number of aryl methyl sites for hydroxylation is 1. The number of hydrogen-bond acceptors (Lipinski definition) is 4. The van der Waals surface area contributed by atoms with Crippen LogP contribution >= 0.6 is 11.6 Å². The minimum atomic E-state index is -0.515. The summed E-state index contributed by atoms with van der Waals surface area (Å²) < 4.78 is 19.2. The molecule has 2 aromatic rings. The fourth-order valence-electron chi connectivity index (χ4n) is 2.56. The zero-order chi connectivity index (χ0) is 15.7. The molecule has 3 rings (SSSR count). The monoisotopic (exact) mass is 323 g/mol. The predicted octanol–water partition coefficient (Wildman–Crippen LogP) is 3.34. The molecule has 1 saturated heterocycles. The third kappa shape index (κ3) is 2.83. The number of rotatable bonds is 4. The Bertz CT molecular complexity index is 704. The van der Waals surface area contributed by atoms with Crippen LogP contribution in [0.1, 0.15) is 37.4 Å². The maximum absolute atomic E-state index is 14.0. The smallest absolute Gasteiger partial charge is 0.232 e. The summed E-state index contributed by atoms with van der Waals surface area (Å²) in [5.41, 5.74) is 0.227. The number of hydrogen-bond donors (Lipinski definition) is 0. The molecule has 0 N–H and O–H groups in total. The zero-order valence-electron chi connectivity index (χ0n) is 12.1. The summed E-state index contributed by atoms with van der Waals surface area (Å²) in [6, 6.07) is 4.27. The molecule has 5 nitrogen and oxygen atoms in total. The van der Waals surface area contributed by atoms with Gasteiger partial charge >= 0.3 is 0 Å². The molecule has 1 aromatic heterocycles. The summed E-state index contributed by atoms with van der Waals surface area (Å²) in [5, 5.41) is 4.19. The SMILES string of the molecule is CCCc1noc(C2CC(=O)N(c3ccc(Cl)cc3F)C2)n1. The standard InChI is InChI=1S/C15H15ClFN3O2/c1-2-3-13-18-15(22-19-13)9-6-14(21)20(8-9)12-5-4-10(16)7-11(12)17/h4-5,7,9H,2-3,6,8H2,1H3. The first kappa shape index (κ1) is 15.0. The van der Waals surface area contributed by atoms with E-state index in [2.05, 4.69) is 10.1 Å². The fraction of sp³-hybridized carbons (Fsp3) is 0.400. The summed E-state index contributed by atoms with van der Waals surface area (Å²) in [7, 11) is 0. The molecule has 1 fully saturated rings. The highest BCUT2D eigenvalue weighted by Crippen LogP contribution is 2.33. The summed E-state index contributed by atoms with van der Waals surface area (Å²) in [6.07, 6.45) is 1.89. The second-order valence-corrected chi connectivity index (χ2v) is 5.74. The number of amides is 1. The highest BCUT2D eigenvalue weighted by molar-refractivity contribution is 6.30. The Morgan fingerprint density at radius 1 is 1.50 bits per heavy atom. The van der Waals surface area contributed by atoms with Crippen LogP contribution in [0, 0.1) is 5.82 Å². The van der Waals surface area contributed by atoms with Gasteiger partial charge in [-0.25, -0.2) is 4.39 Å². The van der Waals surface area contributed by atoms with Crippen LogP contribution in [-0.4, -0.2) is 22.6 Å². The van der Waals surface area contributed by atoms with Gasteiger partial charge in [0.2, 0.25) is 11.8 Å². The minimum Gasteiger partial charge on any atom is -0.339 e. The van der Waals surface area contributed by atoms with E-state index in [1.807, 2.05) is 6.92 Å². The Kier molecular flexibility index (Phi) is 4.11. The van der Waals surface area contributed by atoms with Crippen LogP contribution < -0.4 is 4.90 Å². The van der Waals surface area contributed by atoms with E-state index in [0.29, 0.717) is 23.3 Å². The van der Waals surface area contributed by atoms with Gasteiger partial charge in [-0.2, -0.15) is 4.98 Å². The zero-order valence-corrected chi connectivity index (χ0v) is 12.8. The Morgan fingerprint density at radius 3 is 3.05 bits per heavy atom. The van der Waals surface area contributed by atoms with Crippen molar-refractivity contribution in [3.8, 4) is 0 Å². The molecular formula is C15H15ClFN3O2. The molecule has 1 aromatic carbocycles. The van der Waals surface area contributed by atoms with Crippen molar-refractivity contribution < 1.29 is 13.7 Å². The second kappa shape index (κ2) is 6.04. The highest BCUT2D eigenvalue weighted by Gasteiger charge is 2.36. The van der Waals surface area contributed by atoms with Gasteiger partial charge in [-0.1, -0.05) is 23.7 Å². The number of anilines is 1. The molecule has 1 aliphatic rings. The average molecular weight is 324 g/mol. The molecule has 2 heterocycles. The van der Waals surface area contributed by atoms with E-state index >= 15 is 0 Å². The van der Waals surface area contributed by atoms with Crippen molar-refractivity contribution in [2.45, 2.75) is 32.1 Å². The van der Waals surface area contributed by atoms with Crippen LogP contribution in [0.25, 0.3) is 0 Å². The predicted molar refractivity (Wildman–Crippen MR) is 79.4 cm³/mol. The van der Waals surface area contributed by atoms with Gasteiger partial charge in [0.25, 0.3) is 0 Å². The van der Waals surface area contributed by atoms with Crippen LogP contribution in [-0.2, 0) is 11.2 Å². The summed E-state index contributed by atoms with van der Waals surface area (Å²) >= 11 is 5.74. The third-order valence-corrected chi connectivity index (χ3v) is 3.87. The lowest BCUT2D eigenvalue weighted by Crippen LogP contribution is -2.25. The van der Waals surface area contributed by atoms with Crippen molar-refractivity contribution in [3.05, 3.63) is 40.8 Å². The van der Waals surface area contributed by atoms with E-state index in [0.717, 1.165) is 12.8 Å². The van der Waals surface area contributed by atoms with Gasteiger partial charge in [0.05, 0.1) is 11.6 Å². The lowest BCUT2D eigenvalue weighted by atomic mass is 10.1. The quantitative estimate of drug-likeness (QED) is 0.866. The van der Waals surface area contributed by atoms with Crippen LogP contribution in [0.15, 0.2) is 22.7 Å². The number of carbonyl (C=O) groups is 1. The van der Waals surface area contributed by atoms with Gasteiger partial charge in [-0.15, -0.1) is 0 Å². The molecule has 1 aliphatic heterocycles. The molecule has 0 radical (unpaired) electrons. The molecule has 1 amide bonds. The average Bonchev–Trinajstić information content (AvgIpc) is 3.06. The van der Waals surface area contributed by atoms with E-state index in [1.54, 1.807) is 6.07 Å². The van der Waals surface area contributed by atoms with Gasteiger partial charge in [-0.05, 0) is 24.6 Å². The van der Waals surface area contributed by atoms with Gasteiger partial charge in [0.15, 0.2) is 5.82 Å². The number of benzene rings is 1. The molecular weight excluding hydrogens is 309 g/mol. The number of aromatic nitrogens is 2. The van der Waals surface area contributed by atoms with Crippen LogP contribution in [0.4, 0.5) is 10.1 Å². The molecule has 22 heavy (non-hydrogen) atoms. The molecule has 7 heteroatoms. The highest BCUT2D eigenvalue weighted by atomic mass is 35.5. The maximum atomic E-state index is 14.0. The van der Waals surface area contributed by atoms with Crippen molar-refractivity contribution in [3.63, 3.8) is 0 Å². The lowest BCUT2D eigenvalue weighted by molar-refractivity contribution is -0.117. The molecule has 1 atom stereocenters. The van der Waals surface area contributed by atoms with E-state index in [9.17, 15) is 9.18 Å². The van der Waals surface area contributed by atoms with Crippen molar-refractivity contribution in [1.29, 1.82) is 0 Å². The fourth-order valence-corrected chi connectivity index (χ4v) is 2.72. The molecule has 0 aliphatic carbocycles. The van der Waals surface area contributed by atoms with Crippen molar-refractivity contribution >= 4 is 23.2 Å². The summed E-state index contributed by atoms with van der Waals surface area (Å²) in [6.45, 7) is 2.35. The summed E-state index contributed by atoms with van der Waals surface area (Å²) in [5.74, 6) is 0.190. The first-order valence-electron chi connectivity index (χ1n) is 7.16. The van der Waals surface area contributed by atoms with Gasteiger partial charge in [0.1, 0.15) is 5.82 Å². The van der Waals surface area contributed by atoms with Crippen LogP contribution in [0.3, 0.4) is 0 Å². The molecule has 0 saturated carbocycles. The number of halogens is 2. The molecule has 0 spiro atoms. The Labute approximate surface area is 132 Å². The first-order chi connectivity index (χ1) is 10.6. The van der Waals surface area contributed by atoms with E-state index in [4.69, 9.17) is 16.1 Å². The van der Waals surface area contributed by atoms with E-state index in [-0.39, 0.29) is 23.9 Å². The molecule has 1 unspecified atom stereocenters. The first-order valence-corrected chi connectivity index (χ1v) is 7.54. The Balaban J connectivity index is 1.80. The largest absolute Gasteiger partial charge is 0.339 e. The third-order valence-electron chi connectivity index (χ3n) is 3.63. The van der Waals surface area contributed by atoms with Crippen LogP contribution in [0.2, 0.25) is 5.02 Å². The van der Waals surface area contributed by atoms with Crippen LogP contribution in [0.5, 0.6) is 0 Å². The number of nitrogens with zero attached hydrogens (tertiary/aromatic N) is 3. The molecule has 0 bridgehead atoms. The van der Waals surface area contributed by atoms with Gasteiger partial charge < -0.3 is 9.42 Å². The second-order valence-electron chi connectivity index (χ2n) is 5.30. The maximum Gasteiger partial charge on any atom is 0.232 e. The molecule has 116 valence electrons. The van der Waals surface area contributed by atoms with E-state index in [1.165, 1.54) is 17.0 Å². The van der Waals surface area contributed by atoms with Crippen molar-refractivity contribution in [2.75, 3.05) is 11.4 Å². The number of carbonyl (C=O) groups excluding carboxylic acids is 1. The summed E-state index contributed by atoms with van der Waals surface area (Å²) in [4.78, 5) is 17.9.